The number of benzene rings is 3. The monoisotopic (exact) mass is 555 g/mol. The second-order valence-corrected chi connectivity index (χ2v) is 10.4. The van der Waals surface area contributed by atoms with Gasteiger partial charge in [-0.05, 0) is 45.5 Å². The molecule has 4 aromatic rings. The summed E-state index contributed by atoms with van der Waals surface area (Å²) in [5.74, 6) is 0.0590. The molecule has 41 heavy (non-hydrogen) atoms. The Bertz CT molecular complexity index is 1460. The molecule has 0 spiro atoms. The topological polar surface area (TPSA) is 110 Å². The number of carboxylic acids is 1. The number of unbranched alkanes of at least 4 members (excludes halogenated alkanes) is 1. The van der Waals surface area contributed by atoms with E-state index >= 15 is 0 Å². The van der Waals surface area contributed by atoms with Gasteiger partial charge in [-0.2, -0.15) is 0 Å². The van der Waals surface area contributed by atoms with Crippen molar-refractivity contribution in [2.75, 3.05) is 7.11 Å². The molecule has 1 N–H and O–H groups in total. The highest BCUT2D eigenvalue weighted by Crippen LogP contribution is 2.32. The first-order valence-electron chi connectivity index (χ1n) is 13.9. The number of rotatable bonds is 13. The summed E-state index contributed by atoms with van der Waals surface area (Å²) in [5.41, 5.74) is 4.62. The van der Waals surface area contributed by atoms with Crippen LogP contribution in [-0.2, 0) is 22.7 Å². The van der Waals surface area contributed by atoms with E-state index in [0.717, 1.165) is 46.4 Å². The number of carboxylic acid groups (broad SMARTS) is 1. The maximum Gasteiger partial charge on any atom is 0.326 e. The molecule has 1 aromatic heterocycles. The molecule has 0 saturated carbocycles. The molecule has 0 aliphatic rings. The number of methoxy groups -OCH3 is 1. The Balaban J connectivity index is 1.62. The largest absolute Gasteiger partial charge is 0.496 e. The van der Waals surface area contributed by atoms with Crippen molar-refractivity contribution in [1.82, 2.24) is 25.1 Å². The fourth-order valence-electron chi connectivity index (χ4n) is 5.01. The molecular weight excluding hydrogens is 518 g/mol. The first kappa shape index (κ1) is 29.5. The van der Waals surface area contributed by atoms with Gasteiger partial charge in [0.25, 0.3) is 0 Å². The lowest BCUT2D eigenvalue weighted by Crippen LogP contribution is -2.47. The van der Waals surface area contributed by atoms with E-state index in [9.17, 15) is 14.7 Å². The first-order valence-corrected chi connectivity index (χ1v) is 13.9. The minimum absolute atomic E-state index is 0.135. The van der Waals surface area contributed by atoms with Gasteiger partial charge in [-0.1, -0.05) is 93.9 Å². The molecule has 9 heteroatoms. The number of ether oxygens (including phenoxy) is 1. The Morgan fingerprint density at radius 2 is 1.66 bits per heavy atom. The van der Waals surface area contributed by atoms with E-state index in [2.05, 4.69) is 15.5 Å². The maximum absolute atomic E-state index is 13.1. The standard InChI is InChI=1S/C32H37N5O4/c1-5-6-15-29(38)36(30(22(2)3)32(39)40)20-23-16-18-24(19-17-23)26-12-8-9-13-27(26)31-33-34-35-37(31)21-25-11-7-10-14-28(25)41-4/h7-14,16-19,22,30H,5-6,15,20-21H2,1-4H3,(H,39,40)/t30-/m0/s1. The Labute approximate surface area is 240 Å². The summed E-state index contributed by atoms with van der Waals surface area (Å²) in [6, 6.07) is 22.7. The average Bonchev–Trinajstić information content (AvgIpc) is 3.43. The van der Waals surface area contributed by atoms with E-state index in [1.165, 1.54) is 4.90 Å². The Hall–Kier alpha value is -4.53. The van der Waals surface area contributed by atoms with Crippen molar-refractivity contribution in [3.8, 4) is 28.3 Å². The second-order valence-electron chi connectivity index (χ2n) is 10.4. The summed E-state index contributed by atoms with van der Waals surface area (Å²) in [6.45, 7) is 6.36. The minimum atomic E-state index is -0.985. The van der Waals surface area contributed by atoms with Gasteiger partial charge in [-0.3, -0.25) is 4.79 Å². The van der Waals surface area contributed by atoms with Crippen LogP contribution in [0.15, 0.2) is 72.8 Å². The molecule has 0 unspecified atom stereocenters. The van der Waals surface area contributed by atoms with Gasteiger partial charge in [-0.15, -0.1) is 5.10 Å². The van der Waals surface area contributed by atoms with Gasteiger partial charge in [0.15, 0.2) is 5.82 Å². The molecule has 1 amide bonds. The number of carbonyl (C=O) groups is 2. The molecular formula is C32H37N5O4. The van der Waals surface area contributed by atoms with Gasteiger partial charge < -0.3 is 14.7 Å². The van der Waals surface area contributed by atoms with Crippen LogP contribution in [-0.4, -0.2) is 55.2 Å². The van der Waals surface area contributed by atoms with Crippen LogP contribution < -0.4 is 4.74 Å². The molecule has 4 rings (SSSR count). The van der Waals surface area contributed by atoms with E-state index in [4.69, 9.17) is 4.74 Å². The lowest BCUT2D eigenvalue weighted by atomic mass is 9.97. The first-order chi connectivity index (χ1) is 19.8. The number of carbonyl (C=O) groups excluding carboxylic acids is 1. The lowest BCUT2D eigenvalue weighted by Gasteiger charge is -2.32. The van der Waals surface area contributed by atoms with E-state index in [1.807, 2.05) is 93.6 Å². The number of tetrazole rings is 1. The van der Waals surface area contributed by atoms with Gasteiger partial charge in [-0.25, -0.2) is 9.48 Å². The molecule has 0 radical (unpaired) electrons. The average molecular weight is 556 g/mol. The zero-order chi connectivity index (χ0) is 29.4. The fourth-order valence-corrected chi connectivity index (χ4v) is 5.01. The summed E-state index contributed by atoms with van der Waals surface area (Å²) in [4.78, 5) is 26.7. The molecule has 214 valence electrons. The number of nitrogens with zero attached hydrogens (tertiary/aromatic N) is 5. The van der Waals surface area contributed by atoms with E-state index in [0.29, 0.717) is 18.8 Å². The van der Waals surface area contributed by atoms with E-state index in [1.54, 1.807) is 11.8 Å². The van der Waals surface area contributed by atoms with Crippen LogP contribution in [0.5, 0.6) is 5.75 Å². The maximum atomic E-state index is 13.1. The Morgan fingerprint density at radius 1 is 0.976 bits per heavy atom. The molecule has 0 aliphatic carbocycles. The number of aliphatic carboxylic acids is 1. The Morgan fingerprint density at radius 3 is 2.32 bits per heavy atom. The van der Waals surface area contributed by atoms with Crippen molar-refractivity contribution in [3.63, 3.8) is 0 Å². The van der Waals surface area contributed by atoms with Crippen molar-refractivity contribution in [1.29, 1.82) is 0 Å². The van der Waals surface area contributed by atoms with Crippen LogP contribution in [0.25, 0.3) is 22.5 Å². The van der Waals surface area contributed by atoms with Gasteiger partial charge in [0.05, 0.1) is 13.7 Å². The highest BCUT2D eigenvalue weighted by atomic mass is 16.5. The van der Waals surface area contributed by atoms with Crippen LogP contribution in [0.3, 0.4) is 0 Å². The summed E-state index contributed by atoms with van der Waals surface area (Å²) in [6.07, 6.45) is 1.93. The van der Waals surface area contributed by atoms with Gasteiger partial charge in [0.2, 0.25) is 5.91 Å². The van der Waals surface area contributed by atoms with Crippen LogP contribution in [0.4, 0.5) is 0 Å². The predicted octanol–water partition coefficient (Wildman–Crippen LogP) is 5.69. The van der Waals surface area contributed by atoms with Crippen molar-refractivity contribution in [2.45, 2.75) is 59.2 Å². The number of amides is 1. The third kappa shape index (κ3) is 6.98. The van der Waals surface area contributed by atoms with Gasteiger partial charge in [0.1, 0.15) is 11.8 Å². The molecule has 1 atom stereocenters. The third-order valence-corrected chi connectivity index (χ3v) is 7.12. The summed E-state index contributed by atoms with van der Waals surface area (Å²) in [7, 11) is 1.64. The van der Waals surface area contributed by atoms with Gasteiger partial charge >= 0.3 is 5.97 Å². The van der Waals surface area contributed by atoms with Crippen molar-refractivity contribution in [3.05, 3.63) is 83.9 Å². The third-order valence-electron chi connectivity index (χ3n) is 7.12. The Kier molecular flexibility index (Phi) is 9.84. The molecule has 0 aliphatic heterocycles. The SMILES string of the molecule is CCCCC(=O)N(Cc1ccc(-c2ccccc2-c2nnnn2Cc2ccccc2OC)cc1)[C@H](C(=O)O)C(C)C. The molecule has 0 saturated heterocycles. The lowest BCUT2D eigenvalue weighted by molar-refractivity contribution is -0.153. The normalized spacial score (nSPS) is 11.8. The second kappa shape index (κ2) is 13.7. The zero-order valence-corrected chi connectivity index (χ0v) is 24.0. The number of hydrogen-bond acceptors (Lipinski definition) is 6. The van der Waals surface area contributed by atoms with Crippen molar-refractivity contribution in [2.24, 2.45) is 5.92 Å². The summed E-state index contributed by atoms with van der Waals surface area (Å²) in [5, 5.41) is 22.4. The van der Waals surface area contributed by atoms with Crippen LogP contribution in [0, 0.1) is 5.92 Å². The highest BCUT2D eigenvalue weighted by molar-refractivity contribution is 5.84. The quantitative estimate of drug-likeness (QED) is 0.226. The predicted molar refractivity (Wildman–Crippen MR) is 157 cm³/mol. The smallest absolute Gasteiger partial charge is 0.326 e. The summed E-state index contributed by atoms with van der Waals surface area (Å²) >= 11 is 0. The van der Waals surface area contributed by atoms with E-state index in [-0.39, 0.29) is 18.4 Å². The molecule has 9 nitrogen and oxygen atoms in total. The van der Waals surface area contributed by atoms with Crippen molar-refractivity contribution >= 4 is 11.9 Å². The zero-order valence-electron chi connectivity index (χ0n) is 24.0. The summed E-state index contributed by atoms with van der Waals surface area (Å²) < 4.78 is 7.26. The molecule has 0 bridgehead atoms. The molecule has 1 heterocycles. The van der Waals surface area contributed by atoms with Gasteiger partial charge in [0, 0.05) is 24.1 Å². The molecule has 3 aromatic carbocycles. The molecule has 0 fully saturated rings. The van der Waals surface area contributed by atoms with Crippen LogP contribution in [0.2, 0.25) is 0 Å². The van der Waals surface area contributed by atoms with Crippen LogP contribution in [0.1, 0.15) is 51.2 Å². The number of aromatic nitrogens is 4. The van der Waals surface area contributed by atoms with Crippen molar-refractivity contribution < 1.29 is 19.4 Å². The number of hydrogen-bond donors (Lipinski definition) is 1. The number of para-hydroxylation sites is 1. The van der Waals surface area contributed by atoms with Crippen LogP contribution >= 0.6 is 0 Å². The minimum Gasteiger partial charge on any atom is -0.496 e. The highest BCUT2D eigenvalue weighted by Gasteiger charge is 2.32. The fraction of sp³-hybridized carbons (Fsp3) is 0.344. The van der Waals surface area contributed by atoms with E-state index < -0.39 is 12.0 Å².